The van der Waals surface area contributed by atoms with E-state index in [1.165, 1.54) is 30.3 Å². The van der Waals surface area contributed by atoms with Crippen LogP contribution in [0, 0.1) is 6.92 Å². The molecule has 0 spiro atoms. The van der Waals surface area contributed by atoms with E-state index in [9.17, 15) is 8.42 Å². The third kappa shape index (κ3) is 5.01. The number of hydrogen-bond donors (Lipinski definition) is 1. The first-order valence-corrected chi connectivity index (χ1v) is 9.27. The van der Waals surface area contributed by atoms with Crippen LogP contribution in [0.5, 0.6) is 5.75 Å². The molecular weight excluding hydrogens is 373 g/mol. The molecule has 0 aliphatic heterocycles. The molecule has 0 fully saturated rings. The zero-order chi connectivity index (χ0) is 17.7. The van der Waals surface area contributed by atoms with E-state index in [1.807, 2.05) is 0 Å². The first-order chi connectivity index (χ1) is 11.3. The fraction of sp³-hybridized carbons (Fsp3) is 0.250. The van der Waals surface area contributed by atoms with Gasteiger partial charge in [0.05, 0.1) is 17.2 Å². The lowest BCUT2D eigenvalue weighted by atomic mass is 10.2. The number of ether oxygens (including phenoxy) is 2. The van der Waals surface area contributed by atoms with Crippen LogP contribution in [0.15, 0.2) is 41.3 Å². The first-order valence-electron chi connectivity index (χ1n) is 7.03. The monoisotopic (exact) mass is 389 g/mol. The minimum absolute atomic E-state index is 0.121. The maximum Gasteiger partial charge on any atom is 0.261 e. The molecule has 130 valence electrons. The molecule has 0 saturated carbocycles. The van der Waals surface area contributed by atoms with Gasteiger partial charge in [-0.3, -0.25) is 4.72 Å². The molecule has 2 aromatic carbocycles. The molecule has 0 radical (unpaired) electrons. The predicted molar refractivity (Wildman–Crippen MR) is 95.8 cm³/mol. The van der Waals surface area contributed by atoms with E-state index in [-0.39, 0.29) is 4.90 Å². The second-order valence-electron chi connectivity index (χ2n) is 5.03. The first kappa shape index (κ1) is 18.9. The number of methoxy groups -OCH3 is 1. The minimum atomic E-state index is -3.76. The SMILES string of the molecule is COCCOc1ccc(S(=O)(=O)Nc2cc(Cl)cc(Cl)c2)cc1C. The average Bonchev–Trinajstić information content (AvgIpc) is 2.47. The Balaban J connectivity index is 2.21. The molecule has 24 heavy (non-hydrogen) atoms. The summed E-state index contributed by atoms with van der Waals surface area (Å²) in [6.45, 7) is 2.62. The maximum atomic E-state index is 12.5. The van der Waals surface area contributed by atoms with Gasteiger partial charge in [0.2, 0.25) is 0 Å². The van der Waals surface area contributed by atoms with Crippen LogP contribution >= 0.6 is 23.2 Å². The number of anilines is 1. The number of sulfonamides is 1. The number of nitrogens with one attached hydrogen (secondary N) is 1. The van der Waals surface area contributed by atoms with E-state index in [1.54, 1.807) is 20.1 Å². The Morgan fingerprint density at radius 1 is 1.04 bits per heavy atom. The summed E-state index contributed by atoms with van der Waals surface area (Å²) in [6, 6.07) is 9.13. The van der Waals surface area contributed by atoms with Gasteiger partial charge in [-0.05, 0) is 48.9 Å². The molecule has 5 nitrogen and oxygen atoms in total. The molecule has 1 N–H and O–H groups in total. The van der Waals surface area contributed by atoms with Crippen LogP contribution in [-0.4, -0.2) is 28.7 Å². The van der Waals surface area contributed by atoms with Gasteiger partial charge in [0.1, 0.15) is 12.4 Å². The Labute approximate surface area is 151 Å². The average molecular weight is 390 g/mol. The molecule has 0 saturated heterocycles. The van der Waals surface area contributed by atoms with Crippen LogP contribution < -0.4 is 9.46 Å². The van der Waals surface area contributed by atoms with Crippen molar-refractivity contribution in [3.63, 3.8) is 0 Å². The molecule has 0 aromatic heterocycles. The fourth-order valence-electron chi connectivity index (χ4n) is 2.01. The van der Waals surface area contributed by atoms with Gasteiger partial charge in [0.25, 0.3) is 10.0 Å². The Hall–Kier alpha value is -1.47. The van der Waals surface area contributed by atoms with Crippen molar-refractivity contribution in [2.75, 3.05) is 25.0 Å². The van der Waals surface area contributed by atoms with E-state index >= 15 is 0 Å². The highest BCUT2D eigenvalue weighted by atomic mass is 35.5. The quantitative estimate of drug-likeness (QED) is 0.723. The summed E-state index contributed by atoms with van der Waals surface area (Å²) >= 11 is 11.8. The molecule has 0 aliphatic rings. The van der Waals surface area contributed by atoms with Crippen LogP contribution in [-0.2, 0) is 14.8 Å². The van der Waals surface area contributed by atoms with Crippen molar-refractivity contribution in [2.45, 2.75) is 11.8 Å². The lowest BCUT2D eigenvalue weighted by Crippen LogP contribution is -2.13. The maximum absolute atomic E-state index is 12.5. The van der Waals surface area contributed by atoms with E-state index in [4.69, 9.17) is 32.7 Å². The second-order valence-corrected chi connectivity index (χ2v) is 7.59. The highest BCUT2D eigenvalue weighted by Gasteiger charge is 2.16. The number of halogens is 2. The Bertz CT molecular complexity index is 805. The van der Waals surface area contributed by atoms with Crippen LogP contribution in [0.25, 0.3) is 0 Å². The van der Waals surface area contributed by atoms with E-state index in [0.29, 0.717) is 40.3 Å². The van der Waals surface area contributed by atoms with Crippen molar-refractivity contribution in [3.05, 3.63) is 52.0 Å². The van der Waals surface area contributed by atoms with Crippen molar-refractivity contribution in [1.29, 1.82) is 0 Å². The number of benzene rings is 2. The molecular formula is C16H17Cl2NO4S. The topological polar surface area (TPSA) is 64.6 Å². The summed E-state index contributed by atoms with van der Waals surface area (Å²) in [6.07, 6.45) is 0. The number of aryl methyl sites for hydroxylation is 1. The van der Waals surface area contributed by atoms with Gasteiger partial charge in [-0.25, -0.2) is 8.42 Å². The molecule has 0 atom stereocenters. The lowest BCUT2D eigenvalue weighted by molar-refractivity contribution is 0.146. The lowest BCUT2D eigenvalue weighted by Gasteiger charge is -2.12. The van der Waals surface area contributed by atoms with Gasteiger partial charge in [-0.15, -0.1) is 0 Å². The summed E-state index contributed by atoms with van der Waals surface area (Å²) in [5.74, 6) is 0.608. The van der Waals surface area contributed by atoms with Gasteiger partial charge in [0.15, 0.2) is 0 Å². The third-order valence-corrected chi connectivity index (χ3v) is 4.93. The van der Waals surface area contributed by atoms with Crippen LogP contribution in [0.4, 0.5) is 5.69 Å². The van der Waals surface area contributed by atoms with Crippen LogP contribution in [0.3, 0.4) is 0 Å². The van der Waals surface area contributed by atoms with E-state index in [0.717, 1.165) is 0 Å². The van der Waals surface area contributed by atoms with E-state index in [2.05, 4.69) is 4.72 Å². The number of rotatable bonds is 7. The standard InChI is InChI=1S/C16H17Cl2NO4S/c1-11-7-15(3-4-16(11)23-6-5-22-2)24(20,21)19-14-9-12(17)8-13(18)10-14/h3-4,7-10,19H,5-6H2,1-2H3. The van der Waals surface area contributed by atoms with Gasteiger partial charge in [-0.2, -0.15) is 0 Å². The molecule has 8 heteroatoms. The highest BCUT2D eigenvalue weighted by molar-refractivity contribution is 7.92. The summed E-state index contributed by atoms with van der Waals surface area (Å²) in [4.78, 5) is 0.121. The largest absolute Gasteiger partial charge is 0.491 e. The minimum Gasteiger partial charge on any atom is -0.491 e. The van der Waals surface area contributed by atoms with Crippen molar-refractivity contribution < 1.29 is 17.9 Å². The van der Waals surface area contributed by atoms with Crippen LogP contribution in [0.1, 0.15) is 5.56 Å². The smallest absolute Gasteiger partial charge is 0.261 e. The Kier molecular flexibility index (Phi) is 6.34. The zero-order valence-electron chi connectivity index (χ0n) is 13.2. The molecule has 0 aliphatic carbocycles. The van der Waals surface area contributed by atoms with Crippen molar-refractivity contribution in [2.24, 2.45) is 0 Å². The fourth-order valence-corrected chi connectivity index (χ4v) is 3.66. The summed E-state index contributed by atoms with van der Waals surface area (Å²) in [5.41, 5.74) is 1.00. The van der Waals surface area contributed by atoms with Crippen LogP contribution in [0.2, 0.25) is 10.0 Å². The van der Waals surface area contributed by atoms with Crippen molar-refractivity contribution in [1.82, 2.24) is 0 Å². The molecule has 2 rings (SSSR count). The Morgan fingerprint density at radius 3 is 2.29 bits per heavy atom. The molecule has 0 amide bonds. The normalized spacial score (nSPS) is 11.3. The van der Waals surface area contributed by atoms with Gasteiger partial charge >= 0.3 is 0 Å². The second kappa shape index (κ2) is 8.07. The highest BCUT2D eigenvalue weighted by Crippen LogP contribution is 2.26. The molecule has 0 bridgehead atoms. The van der Waals surface area contributed by atoms with Gasteiger partial charge in [-0.1, -0.05) is 23.2 Å². The van der Waals surface area contributed by atoms with E-state index < -0.39 is 10.0 Å². The third-order valence-electron chi connectivity index (χ3n) is 3.12. The number of hydrogen-bond acceptors (Lipinski definition) is 4. The van der Waals surface area contributed by atoms with Gasteiger partial charge < -0.3 is 9.47 Å². The molecule has 0 heterocycles. The molecule has 0 unspecified atom stereocenters. The predicted octanol–water partition coefficient (Wildman–Crippen LogP) is 4.13. The zero-order valence-corrected chi connectivity index (χ0v) is 15.5. The van der Waals surface area contributed by atoms with Crippen molar-refractivity contribution in [3.8, 4) is 5.75 Å². The summed E-state index contributed by atoms with van der Waals surface area (Å²) < 4.78 is 37.9. The summed E-state index contributed by atoms with van der Waals surface area (Å²) in [7, 11) is -2.18. The van der Waals surface area contributed by atoms with Gasteiger partial charge in [0, 0.05) is 17.2 Å². The summed E-state index contributed by atoms with van der Waals surface area (Å²) in [5, 5.41) is 0.691. The Morgan fingerprint density at radius 2 is 1.71 bits per heavy atom. The molecule has 2 aromatic rings. The van der Waals surface area contributed by atoms with Crippen molar-refractivity contribution >= 4 is 38.9 Å².